The maximum absolute atomic E-state index is 14.5. The number of hydrogen-bond acceptors (Lipinski definition) is 11. The summed E-state index contributed by atoms with van der Waals surface area (Å²) in [6.45, 7) is 7.09. The summed E-state index contributed by atoms with van der Waals surface area (Å²) in [7, 11) is 0. The molecule has 7 rings (SSSR count). The minimum absolute atomic E-state index is 0.00350. The van der Waals surface area contributed by atoms with E-state index in [2.05, 4.69) is 25.6 Å². The maximum Gasteiger partial charge on any atom is 0.269 e. The maximum atomic E-state index is 14.5. The lowest BCUT2D eigenvalue weighted by Gasteiger charge is -2.60. The lowest BCUT2D eigenvalue weighted by atomic mass is 9.55. The third-order valence-electron chi connectivity index (χ3n) is 12.5. The smallest absolute Gasteiger partial charge is 0.269 e. The molecule has 0 saturated heterocycles. The Kier molecular flexibility index (Phi) is 14.9. The van der Waals surface area contributed by atoms with Crippen molar-refractivity contribution >= 4 is 29.1 Å². The number of allylic oxidation sites excluding steroid dienone is 1. The Hall–Kier alpha value is -4.69. The Balaban J connectivity index is 1.40. The molecule has 3 aliphatic carbocycles. The molecule has 0 aromatic heterocycles. The third-order valence-corrected chi connectivity index (χ3v) is 13.3. The zero-order valence-electron chi connectivity index (χ0n) is 35.3. The molecule has 0 unspecified atom stereocenters. The van der Waals surface area contributed by atoms with Gasteiger partial charge in [0, 0.05) is 60.6 Å². The summed E-state index contributed by atoms with van der Waals surface area (Å²) < 4.78 is 21.0. The average Bonchev–Trinajstić information content (AvgIpc) is 4.13. The van der Waals surface area contributed by atoms with E-state index in [1.165, 1.54) is 12.1 Å². The molecule has 1 heterocycles. The molecule has 4 aliphatic rings. The zero-order valence-corrected chi connectivity index (χ0v) is 36.1. The lowest BCUT2D eigenvalue weighted by Crippen LogP contribution is -2.70. The lowest BCUT2D eigenvalue weighted by molar-refractivity contribution is -0.384. The predicted octanol–water partition coefficient (Wildman–Crippen LogP) is 9.59. The highest BCUT2D eigenvalue weighted by atomic mass is 32.2. The minimum atomic E-state index is -1.32. The van der Waals surface area contributed by atoms with Crippen molar-refractivity contribution in [1.29, 1.82) is 0 Å². The van der Waals surface area contributed by atoms with E-state index in [1.54, 1.807) is 30.0 Å². The standard InChI is InChI=1S/C48H59N3O9S/c1-4-24-50(47(54)33-14-15-33)44-30-42(49-58-31-32-12-16-35(17-13-32)51(55)56)40-28-34(10-6-8-25-52)39(11-7-9-26-53)45-41-29-37(59-36-18-21-38(61-3)22-19-36)20-23-43(41)60-48(44,46(40)45)57-27-5-2/h5,12-13,16-23,28-29,33-34,39,44-46,52-53H,2,4,6-11,14-15,24-27,30-31H2,1,3H3/t34-,39+,44-,45+,46+,48+/m0/s1. The van der Waals surface area contributed by atoms with Crippen molar-refractivity contribution in [2.24, 2.45) is 28.8 Å². The van der Waals surface area contributed by atoms with Crippen LogP contribution in [-0.4, -0.2) is 76.1 Å². The van der Waals surface area contributed by atoms with E-state index in [-0.39, 0.29) is 61.7 Å². The molecule has 0 spiro atoms. The van der Waals surface area contributed by atoms with Crippen molar-refractivity contribution in [2.45, 2.75) is 100 Å². The Morgan fingerprint density at radius 2 is 1.75 bits per heavy atom. The number of benzene rings is 3. The number of nitrogens with zero attached hydrogens (tertiary/aromatic N) is 3. The van der Waals surface area contributed by atoms with Crippen LogP contribution in [0.15, 0.2) is 101 Å². The van der Waals surface area contributed by atoms with E-state index in [9.17, 15) is 25.1 Å². The number of non-ortho nitro benzene ring substituents is 1. The van der Waals surface area contributed by atoms with E-state index >= 15 is 0 Å². The SMILES string of the molecule is C=CCO[C@@]12Oc3ccc(Oc4ccc(SC)cc4)cc3[C@H]3[C@H](CCCCO)[C@@H](CCCCO)C=C(C(=NOCc4ccc([N+](=O)[O-])cc4)C[C@@H]1N(CCC)C(=O)C1CC1)[C@H]32. The Morgan fingerprint density at radius 1 is 1.03 bits per heavy atom. The number of oxime groups is 1. The summed E-state index contributed by atoms with van der Waals surface area (Å²) in [5, 5.41) is 36.1. The largest absolute Gasteiger partial charge is 0.459 e. The van der Waals surface area contributed by atoms with Crippen molar-refractivity contribution in [3.8, 4) is 17.2 Å². The number of rotatable bonds is 22. The van der Waals surface area contributed by atoms with Crippen molar-refractivity contribution < 1.29 is 39.0 Å². The fourth-order valence-corrected chi connectivity index (χ4v) is 10.0. The number of nitro benzene ring substituents is 1. The van der Waals surface area contributed by atoms with Crippen LogP contribution in [-0.2, 0) is 21.0 Å². The quantitative estimate of drug-likeness (QED) is 0.0329. The fraction of sp³-hybridized carbons (Fsp3) is 0.500. The van der Waals surface area contributed by atoms with Crippen molar-refractivity contribution in [3.05, 3.63) is 112 Å². The van der Waals surface area contributed by atoms with Gasteiger partial charge in [-0.05, 0) is 129 Å². The molecule has 3 aromatic carbocycles. The highest BCUT2D eigenvalue weighted by Gasteiger charge is 2.65. The molecule has 2 saturated carbocycles. The number of thioether (sulfide) groups is 1. The van der Waals surface area contributed by atoms with Gasteiger partial charge < -0.3 is 34.2 Å². The number of carbonyl (C=O) groups excluding carboxylic acids is 1. The van der Waals surface area contributed by atoms with Crippen LogP contribution in [0.5, 0.6) is 17.2 Å². The number of amides is 1. The summed E-state index contributed by atoms with van der Waals surface area (Å²) >= 11 is 1.67. The van der Waals surface area contributed by atoms with E-state index in [4.69, 9.17) is 24.2 Å². The van der Waals surface area contributed by atoms with Gasteiger partial charge in [-0.15, -0.1) is 18.3 Å². The molecule has 2 fully saturated rings. The van der Waals surface area contributed by atoms with E-state index in [0.29, 0.717) is 43.0 Å². The van der Waals surface area contributed by atoms with Gasteiger partial charge in [0.25, 0.3) is 5.69 Å². The molecule has 13 heteroatoms. The monoisotopic (exact) mass is 853 g/mol. The normalized spacial score (nSPS) is 24.5. The van der Waals surface area contributed by atoms with Crippen molar-refractivity contribution in [3.63, 3.8) is 0 Å². The second-order valence-electron chi connectivity index (χ2n) is 16.6. The minimum Gasteiger partial charge on any atom is -0.459 e. The summed E-state index contributed by atoms with van der Waals surface area (Å²) in [5.41, 5.74) is 3.36. The van der Waals surface area contributed by atoms with Crippen LogP contribution in [0.4, 0.5) is 5.69 Å². The number of nitro groups is 1. The molecule has 0 radical (unpaired) electrons. The first-order valence-corrected chi connectivity index (χ1v) is 23.0. The topological polar surface area (TPSA) is 153 Å². The van der Waals surface area contributed by atoms with Crippen LogP contribution in [0.3, 0.4) is 0 Å². The first-order valence-electron chi connectivity index (χ1n) is 21.8. The summed E-state index contributed by atoms with van der Waals surface area (Å²) in [6, 6.07) is 19.7. The second kappa shape index (κ2) is 20.5. The average molecular weight is 854 g/mol. The number of aliphatic hydroxyl groups excluding tert-OH is 2. The molecule has 0 bridgehead atoms. The molecular formula is C48H59N3O9S. The van der Waals surface area contributed by atoms with E-state index in [0.717, 1.165) is 72.3 Å². The molecule has 6 atom stereocenters. The number of hydrogen-bond donors (Lipinski definition) is 2. The van der Waals surface area contributed by atoms with Crippen LogP contribution in [0, 0.1) is 33.8 Å². The van der Waals surface area contributed by atoms with Gasteiger partial charge in [-0.3, -0.25) is 14.9 Å². The van der Waals surface area contributed by atoms with Gasteiger partial charge in [0.15, 0.2) is 0 Å². The molecule has 61 heavy (non-hydrogen) atoms. The molecule has 3 aromatic rings. The number of ether oxygens (including phenoxy) is 3. The van der Waals surface area contributed by atoms with E-state index < -0.39 is 22.7 Å². The van der Waals surface area contributed by atoms with Crippen LogP contribution < -0.4 is 9.47 Å². The van der Waals surface area contributed by atoms with Gasteiger partial charge in [-0.25, -0.2) is 0 Å². The van der Waals surface area contributed by atoms with Crippen molar-refractivity contribution in [2.75, 3.05) is 32.6 Å². The van der Waals surface area contributed by atoms with Crippen molar-refractivity contribution in [1.82, 2.24) is 4.90 Å². The summed E-state index contributed by atoms with van der Waals surface area (Å²) in [4.78, 5) is 34.6. The molecule has 2 N–H and O–H groups in total. The number of fused-ring (bicyclic) bond motifs is 2. The predicted molar refractivity (Wildman–Crippen MR) is 236 cm³/mol. The first kappa shape index (κ1) is 44.4. The van der Waals surface area contributed by atoms with Crippen LogP contribution in [0.25, 0.3) is 0 Å². The highest BCUT2D eigenvalue weighted by Crippen LogP contribution is 2.62. The van der Waals surface area contributed by atoms with Crippen LogP contribution in [0.1, 0.15) is 88.2 Å². The third kappa shape index (κ3) is 9.85. The van der Waals surface area contributed by atoms with Gasteiger partial charge >= 0.3 is 0 Å². The number of aliphatic hydroxyl groups is 2. The molecule has 326 valence electrons. The van der Waals surface area contributed by atoms with Gasteiger partial charge in [-0.2, -0.15) is 0 Å². The second-order valence-corrected chi connectivity index (χ2v) is 17.4. The Labute approximate surface area is 363 Å². The first-order chi connectivity index (χ1) is 29.7. The van der Waals surface area contributed by atoms with E-state index in [1.807, 2.05) is 47.6 Å². The summed E-state index contributed by atoms with van der Waals surface area (Å²) in [5.74, 6) is 0.305. The zero-order chi connectivity index (χ0) is 42.9. The van der Waals surface area contributed by atoms with Gasteiger partial charge in [-0.1, -0.05) is 37.1 Å². The summed E-state index contributed by atoms with van der Waals surface area (Å²) in [6.07, 6.45) is 13.4. The highest BCUT2D eigenvalue weighted by molar-refractivity contribution is 7.98. The Bertz CT molecular complexity index is 2050. The number of carbonyl (C=O) groups is 1. The number of unbranched alkanes of at least 4 members (excludes halogenated alkanes) is 2. The van der Waals surface area contributed by atoms with Crippen LogP contribution in [0.2, 0.25) is 0 Å². The molecule has 1 aliphatic heterocycles. The van der Waals surface area contributed by atoms with Gasteiger partial charge in [0.05, 0.1) is 23.2 Å². The van der Waals surface area contributed by atoms with Gasteiger partial charge in [0.1, 0.15) is 29.9 Å². The molecular weight excluding hydrogens is 795 g/mol. The molecule has 12 nitrogen and oxygen atoms in total. The molecule has 1 amide bonds. The van der Waals surface area contributed by atoms with Crippen LogP contribution >= 0.6 is 11.8 Å². The Morgan fingerprint density at radius 3 is 2.41 bits per heavy atom. The van der Waals surface area contributed by atoms with Gasteiger partial charge in [0.2, 0.25) is 11.7 Å². The fourth-order valence-electron chi connectivity index (χ4n) is 9.62.